The van der Waals surface area contributed by atoms with E-state index in [2.05, 4.69) is 55.3 Å². The van der Waals surface area contributed by atoms with Gasteiger partial charge in [-0.25, -0.2) is 0 Å². The molecule has 118 valence electrons. The summed E-state index contributed by atoms with van der Waals surface area (Å²) in [5.41, 5.74) is 1.18. The Labute approximate surface area is 128 Å². The number of hydrogen-bond acceptors (Lipinski definition) is 4. The molecule has 5 heteroatoms. The molecule has 5 nitrogen and oxygen atoms in total. The van der Waals surface area contributed by atoms with Crippen LogP contribution in [0.4, 0.5) is 5.69 Å². The molecule has 1 rings (SSSR count). The maximum atomic E-state index is 8.67. The molecule has 0 saturated carbocycles. The molecule has 21 heavy (non-hydrogen) atoms. The average molecular weight is 291 g/mol. The minimum absolute atomic E-state index is 0.124. The van der Waals surface area contributed by atoms with Gasteiger partial charge in [-0.05, 0) is 24.9 Å². The highest BCUT2D eigenvalue weighted by molar-refractivity contribution is 5.38. The van der Waals surface area contributed by atoms with E-state index in [9.17, 15) is 0 Å². The summed E-state index contributed by atoms with van der Waals surface area (Å²) < 4.78 is 1.99. The lowest BCUT2D eigenvalue weighted by Gasteiger charge is -2.23. The first-order chi connectivity index (χ1) is 10.0. The van der Waals surface area contributed by atoms with Gasteiger partial charge in [0.15, 0.2) is 0 Å². The third-order valence-corrected chi connectivity index (χ3v) is 3.86. The molecule has 0 aliphatic rings. The van der Waals surface area contributed by atoms with Crippen LogP contribution in [0.15, 0.2) is 12.4 Å². The maximum Gasteiger partial charge on any atom is 0.0726 e. The molecule has 1 aromatic rings. The quantitative estimate of drug-likeness (QED) is 0.720. The number of likely N-dealkylation sites (N-methyl/N-ethyl adjacent to an activating group) is 1. The van der Waals surface area contributed by atoms with Gasteiger partial charge in [0.25, 0.3) is 0 Å². The van der Waals surface area contributed by atoms with Gasteiger partial charge in [-0.1, -0.05) is 27.7 Å². The Morgan fingerprint density at radius 3 is 2.71 bits per heavy atom. The normalized spacial score (nSPS) is 11.6. The number of nitrogens with one attached hydrogen (secondary N) is 1. The van der Waals surface area contributed by atoms with E-state index < -0.39 is 0 Å². The molecule has 0 atom stereocenters. The highest BCUT2D eigenvalue weighted by atomic mass is 15.3. The summed E-state index contributed by atoms with van der Waals surface area (Å²) >= 11 is 0. The van der Waals surface area contributed by atoms with Gasteiger partial charge >= 0.3 is 0 Å². The predicted octanol–water partition coefficient (Wildman–Crippen LogP) is 2.97. The highest BCUT2D eigenvalue weighted by Crippen LogP contribution is 2.22. The van der Waals surface area contributed by atoms with Gasteiger partial charge in [0.2, 0.25) is 0 Å². The summed E-state index contributed by atoms with van der Waals surface area (Å²) in [6.07, 6.45) is 5.46. The van der Waals surface area contributed by atoms with E-state index in [1.807, 2.05) is 10.9 Å². The van der Waals surface area contributed by atoms with E-state index in [1.165, 1.54) is 0 Å². The molecule has 0 saturated heterocycles. The lowest BCUT2D eigenvalue weighted by Crippen LogP contribution is -2.27. The summed E-state index contributed by atoms with van der Waals surface area (Å²) in [5, 5.41) is 16.5. The lowest BCUT2D eigenvalue weighted by molar-refractivity contribution is 0.285. The Bertz CT molecular complexity index is 440. The Morgan fingerprint density at radius 1 is 1.38 bits per heavy atom. The van der Waals surface area contributed by atoms with Gasteiger partial charge in [-0.3, -0.25) is 4.68 Å². The van der Waals surface area contributed by atoms with Crippen molar-refractivity contribution in [1.29, 1.82) is 5.26 Å². The van der Waals surface area contributed by atoms with E-state index in [1.54, 1.807) is 0 Å². The molecule has 0 aliphatic carbocycles. The molecular formula is C16H29N5. The Hall–Kier alpha value is -1.54. The molecule has 0 amide bonds. The van der Waals surface area contributed by atoms with E-state index in [4.69, 9.17) is 5.26 Å². The molecule has 0 radical (unpaired) electrons. The molecule has 0 aliphatic heterocycles. The van der Waals surface area contributed by atoms with Crippen LogP contribution in [-0.4, -0.2) is 40.9 Å². The molecule has 0 fully saturated rings. The van der Waals surface area contributed by atoms with Crippen molar-refractivity contribution in [2.24, 2.45) is 5.41 Å². The molecule has 0 spiro atoms. The van der Waals surface area contributed by atoms with E-state index in [-0.39, 0.29) is 5.41 Å². The van der Waals surface area contributed by atoms with E-state index in [0.29, 0.717) is 6.42 Å². The first-order valence-corrected chi connectivity index (χ1v) is 7.86. The van der Waals surface area contributed by atoms with Crippen LogP contribution < -0.4 is 5.32 Å². The zero-order chi connectivity index (χ0) is 15.7. The van der Waals surface area contributed by atoms with Crippen LogP contribution in [0.25, 0.3) is 0 Å². The summed E-state index contributed by atoms with van der Waals surface area (Å²) in [7, 11) is 0. The smallest absolute Gasteiger partial charge is 0.0726 e. The largest absolute Gasteiger partial charge is 0.382 e. The van der Waals surface area contributed by atoms with Crippen molar-refractivity contribution in [2.45, 2.75) is 47.1 Å². The first kappa shape index (κ1) is 17.5. The van der Waals surface area contributed by atoms with Crippen molar-refractivity contribution in [2.75, 3.05) is 31.5 Å². The monoisotopic (exact) mass is 291 g/mol. The molecule has 1 heterocycles. The minimum Gasteiger partial charge on any atom is -0.382 e. The topological polar surface area (TPSA) is 56.9 Å². The third-order valence-electron chi connectivity index (χ3n) is 3.86. The van der Waals surface area contributed by atoms with Gasteiger partial charge in [0.05, 0.1) is 24.5 Å². The standard InChI is InChI=1S/C16H29N5/c1-5-20(6-2)10-11-21-13-15(12-19-21)18-14-16(3,4)8-7-9-17/h12-13,18H,5-8,10-11,14H2,1-4H3. The van der Waals surface area contributed by atoms with E-state index >= 15 is 0 Å². The summed E-state index contributed by atoms with van der Waals surface area (Å²) in [6, 6.07) is 2.22. The van der Waals surface area contributed by atoms with Crippen molar-refractivity contribution in [3.63, 3.8) is 0 Å². The van der Waals surface area contributed by atoms with Crippen molar-refractivity contribution in [3.05, 3.63) is 12.4 Å². The predicted molar refractivity (Wildman–Crippen MR) is 87.1 cm³/mol. The van der Waals surface area contributed by atoms with Crippen molar-refractivity contribution in [3.8, 4) is 6.07 Å². The van der Waals surface area contributed by atoms with Crippen LogP contribution in [0.1, 0.15) is 40.5 Å². The fourth-order valence-electron chi connectivity index (χ4n) is 2.18. The number of aromatic nitrogens is 2. The average Bonchev–Trinajstić information content (AvgIpc) is 2.92. The third kappa shape index (κ3) is 6.63. The van der Waals surface area contributed by atoms with Crippen LogP contribution in [0.3, 0.4) is 0 Å². The molecule has 0 bridgehead atoms. The van der Waals surface area contributed by atoms with Gasteiger partial charge in [-0.15, -0.1) is 0 Å². The summed E-state index contributed by atoms with van der Waals surface area (Å²) in [5.74, 6) is 0. The number of nitrogens with zero attached hydrogens (tertiary/aromatic N) is 4. The fraction of sp³-hybridized carbons (Fsp3) is 0.750. The molecule has 0 unspecified atom stereocenters. The Morgan fingerprint density at radius 2 is 2.10 bits per heavy atom. The lowest BCUT2D eigenvalue weighted by atomic mass is 9.88. The zero-order valence-corrected chi connectivity index (χ0v) is 13.9. The molecule has 1 N–H and O–H groups in total. The number of anilines is 1. The molecule has 0 aromatic carbocycles. The SMILES string of the molecule is CCN(CC)CCn1cc(NCC(C)(C)CCC#N)cn1. The van der Waals surface area contributed by atoms with Crippen molar-refractivity contribution >= 4 is 5.69 Å². The first-order valence-electron chi connectivity index (χ1n) is 7.86. The van der Waals surface area contributed by atoms with Gasteiger partial charge in [-0.2, -0.15) is 10.4 Å². The van der Waals surface area contributed by atoms with E-state index in [0.717, 1.165) is 44.8 Å². The van der Waals surface area contributed by atoms with Gasteiger partial charge in [0, 0.05) is 25.7 Å². The van der Waals surface area contributed by atoms with Crippen LogP contribution in [0.2, 0.25) is 0 Å². The molecular weight excluding hydrogens is 262 g/mol. The second kappa shape index (κ2) is 8.68. The number of hydrogen-bond donors (Lipinski definition) is 1. The minimum atomic E-state index is 0.124. The number of rotatable bonds is 10. The second-order valence-corrected chi connectivity index (χ2v) is 6.19. The highest BCUT2D eigenvalue weighted by Gasteiger charge is 2.17. The van der Waals surface area contributed by atoms with Crippen LogP contribution in [0, 0.1) is 16.7 Å². The molecule has 1 aromatic heterocycles. The fourth-order valence-corrected chi connectivity index (χ4v) is 2.18. The van der Waals surface area contributed by atoms with Crippen LogP contribution >= 0.6 is 0 Å². The van der Waals surface area contributed by atoms with Gasteiger partial charge in [0.1, 0.15) is 0 Å². The summed E-state index contributed by atoms with van der Waals surface area (Å²) in [4.78, 5) is 2.39. The zero-order valence-electron chi connectivity index (χ0n) is 13.9. The van der Waals surface area contributed by atoms with Crippen molar-refractivity contribution in [1.82, 2.24) is 14.7 Å². The Balaban J connectivity index is 2.40. The van der Waals surface area contributed by atoms with Gasteiger partial charge < -0.3 is 10.2 Å². The van der Waals surface area contributed by atoms with Crippen molar-refractivity contribution < 1.29 is 0 Å². The maximum absolute atomic E-state index is 8.67. The summed E-state index contributed by atoms with van der Waals surface area (Å²) in [6.45, 7) is 13.7. The number of nitriles is 1. The Kier molecular flexibility index (Phi) is 7.24. The van der Waals surface area contributed by atoms with Crippen LogP contribution in [-0.2, 0) is 6.54 Å². The second-order valence-electron chi connectivity index (χ2n) is 6.19. The van der Waals surface area contributed by atoms with Crippen LogP contribution in [0.5, 0.6) is 0 Å².